The van der Waals surface area contributed by atoms with E-state index in [0.29, 0.717) is 28.5 Å². The lowest BCUT2D eigenvalue weighted by molar-refractivity contribution is -0.333. The largest absolute Gasteiger partial charge is 0.349 e. The summed E-state index contributed by atoms with van der Waals surface area (Å²) >= 11 is 6.22. The normalized spacial score (nSPS) is 33.7. The van der Waals surface area contributed by atoms with E-state index in [4.69, 9.17) is 21.1 Å². The molecule has 3 atom stereocenters. The minimum atomic E-state index is -0.270. The van der Waals surface area contributed by atoms with E-state index >= 15 is 0 Å². The van der Waals surface area contributed by atoms with Crippen molar-refractivity contribution in [2.24, 2.45) is 17.3 Å². The SMILES string of the molecule is Clc1ncnc2c1ncn2[C@H]1C[C@H]2CC[C@@H]1CC21COC2(CCCCC2)OC1. The van der Waals surface area contributed by atoms with E-state index in [1.54, 1.807) is 0 Å². The number of rotatable bonds is 1. The molecule has 2 aromatic heterocycles. The van der Waals surface area contributed by atoms with Gasteiger partial charge >= 0.3 is 0 Å². The summed E-state index contributed by atoms with van der Waals surface area (Å²) in [5.74, 6) is 0.982. The number of aromatic nitrogens is 4. The molecule has 0 aromatic carbocycles. The lowest BCUT2D eigenvalue weighted by atomic mass is 9.54. The minimum absolute atomic E-state index is 0.200. The van der Waals surface area contributed by atoms with Crippen molar-refractivity contribution in [3.8, 4) is 0 Å². The van der Waals surface area contributed by atoms with Gasteiger partial charge in [0.25, 0.3) is 0 Å². The fraction of sp³-hybridized carbons (Fsp3) is 0.762. The van der Waals surface area contributed by atoms with Crippen molar-refractivity contribution in [1.29, 1.82) is 0 Å². The van der Waals surface area contributed by atoms with Crippen LogP contribution in [0.3, 0.4) is 0 Å². The van der Waals surface area contributed by atoms with Gasteiger partial charge in [-0.05, 0) is 50.4 Å². The first kappa shape index (κ1) is 17.6. The molecule has 150 valence electrons. The average molecular weight is 403 g/mol. The third kappa shape index (κ3) is 2.57. The summed E-state index contributed by atoms with van der Waals surface area (Å²) in [6, 6.07) is 0.436. The Balaban J connectivity index is 1.24. The van der Waals surface area contributed by atoms with Crippen molar-refractivity contribution in [2.45, 2.75) is 69.6 Å². The number of fused-ring (bicyclic) bond motifs is 3. The molecule has 2 spiro atoms. The van der Waals surface area contributed by atoms with Crippen molar-refractivity contribution in [3.05, 3.63) is 17.8 Å². The molecule has 5 fully saturated rings. The molecule has 0 unspecified atom stereocenters. The number of imidazole rings is 1. The van der Waals surface area contributed by atoms with Gasteiger partial charge in [-0.3, -0.25) is 0 Å². The summed E-state index contributed by atoms with van der Waals surface area (Å²) in [4.78, 5) is 13.0. The van der Waals surface area contributed by atoms with Crippen LogP contribution in [0.25, 0.3) is 11.2 Å². The number of ether oxygens (including phenoxy) is 2. The van der Waals surface area contributed by atoms with E-state index in [-0.39, 0.29) is 11.2 Å². The first-order valence-electron chi connectivity index (χ1n) is 10.8. The van der Waals surface area contributed by atoms with Crippen LogP contribution in [-0.4, -0.2) is 38.5 Å². The third-order valence-corrected chi connectivity index (χ3v) is 8.30. The Morgan fingerprint density at radius 2 is 1.86 bits per heavy atom. The highest BCUT2D eigenvalue weighted by Gasteiger charge is 2.56. The van der Waals surface area contributed by atoms with Gasteiger partial charge in [0.1, 0.15) is 11.8 Å². The fourth-order valence-electron chi connectivity index (χ4n) is 6.47. The van der Waals surface area contributed by atoms with Gasteiger partial charge in [0.2, 0.25) is 0 Å². The standard InChI is InChI=1S/C21H27ClN4O2/c22-18-17-19(24-12-23-18)26(13-25-17)16-8-15-5-4-14(16)9-20(15)10-27-21(28-11-20)6-2-1-3-7-21/h12-16H,1-11H2/t14-,15-,16+/m1/s1. The van der Waals surface area contributed by atoms with Gasteiger partial charge in [-0.2, -0.15) is 0 Å². The summed E-state index contributed by atoms with van der Waals surface area (Å²) in [6.07, 6.45) is 14.3. The molecular formula is C21H27ClN4O2. The van der Waals surface area contributed by atoms with Crippen LogP contribution in [0.5, 0.6) is 0 Å². The van der Waals surface area contributed by atoms with Crippen molar-refractivity contribution < 1.29 is 9.47 Å². The fourth-order valence-corrected chi connectivity index (χ4v) is 6.64. The summed E-state index contributed by atoms with van der Waals surface area (Å²) in [7, 11) is 0. The minimum Gasteiger partial charge on any atom is -0.349 e. The van der Waals surface area contributed by atoms with Gasteiger partial charge in [-0.15, -0.1) is 0 Å². The van der Waals surface area contributed by atoms with Crippen LogP contribution < -0.4 is 0 Å². The van der Waals surface area contributed by atoms with Gasteiger partial charge in [-0.25, -0.2) is 15.0 Å². The Hall–Kier alpha value is -1.24. The number of hydrogen-bond acceptors (Lipinski definition) is 5. The molecule has 4 aliphatic carbocycles. The Kier molecular flexibility index (Phi) is 4.01. The summed E-state index contributed by atoms with van der Waals surface area (Å²) < 4.78 is 15.2. The van der Waals surface area contributed by atoms with E-state index in [9.17, 15) is 0 Å². The molecule has 0 amide bonds. The van der Waals surface area contributed by atoms with E-state index in [1.165, 1.54) is 44.9 Å². The van der Waals surface area contributed by atoms with Gasteiger partial charge in [-0.1, -0.05) is 18.0 Å². The van der Waals surface area contributed by atoms with Crippen molar-refractivity contribution in [1.82, 2.24) is 19.5 Å². The first-order chi connectivity index (χ1) is 13.7. The average Bonchev–Trinajstić information content (AvgIpc) is 3.17. The molecule has 6 nitrogen and oxygen atoms in total. The highest BCUT2D eigenvalue weighted by atomic mass is 35.5. The maximum Gasteiger partial charge on any atom is 0.168 e. The first-order valence-corrected chi connectivity index (χ1v) is 11.2. The predicted octanol–water partition coefficient (Wildman–Crippen LogP) is 4.53. The topological polar surface area (TPSA) is 62.1 Å². The molecule has 2 bridgehead atoms. The predicted molar refractivity (Wildman–Crippen MR) is 105 cm³/mol. The second kappa shape index (κ2) is 6.38. The molecule has 3 heterocycles. The second-order valence-electron chi connectivity index (χ2n) is 9.44. The highest BCUT2D eigenvalue weighted by Crippen LogP contribution is 2.59. The van der Waals surface area contributed by atoms with E-state index in [0.717, 1.165) is 38.1 Å². The van der Waals surface area contributed by atoms with Crippen molar-refractivity contribution in [3.63, 3.8) is 0 Å². The summed E-state index contributed by atoms with van der Waals surface area (Å²) in [5.41, 5.74) is 1.78. The van der Waals surface area contributed by atoms with Gasteiger partial charge in [0.05, 0.1) is 19.5 Å². The van der Waals surface area contributed by atoms with E-state index < -0.39 is 0 Å². The zero-order valence-corrected chi connectivity index (χ0v) is 16.9. The van der Waals surface area contributed by atoms with Crippen LogP contribution in [-0.2, 0) is 9.47 Å². The summed E-state index contributed by atoms with van der Waals surface area (Å²) in [6.45, 7) is 1.75. The van der Waals surface area contributed by atoms with E-state index in [2.05, 4.69) is 19.5 Å². The number of nitrogens with zero attached hydrogens (tertiary/aromatic N) is 4. The molecule has 7 rings (SSSR count). The Labute approximate surface area is 170 Å². The zero-order valence-electron chi connectivity index (χ0n) is 16.1. The highest BCUT2D eigenvalue weighted by molar-refractivity contribution is 6.33. The van der Waals surface area contributed by atoms with Crippen LogP contribution in [0, 0.1) is 17.3 Å². The van der Waals surface area contributed by atoms with E-state index in [1.807, 2.05) is 6.33 Å². The quantitative estimate of drug-likeness (QED) is 0.655. The van der Waals surface area contributed by atoms with Crippen molar-refractivity contribution in [2.75, 3.05) is 13.2 Å². The summed E-state index contributed by atoms with van der Waals surface area (Å²) in [5, 5.41) is 0.438. The molecule has 28 heavy (non-hydrogen) atoms. The Morgan fingerprint density at radius 3 is 2.61 bits per heavy atom. The maximum atomic E-state index is 6.48. The molecule has 0 N–H and O–H groups in total. The molecule has 2 aromatic rings. The lowest BCUT2D eigenvalue weighted by Gasteiger charge is -2.58. The van der Waals surface area contributed by atoms with Crippen LogP contribution >= 0.6 is 11.6 Å². The monoisotopic (exact) mass is 402 g/mol. The lowest BCUT2D eigenvalue weighted by Crippen LogP contribution is -2.58. The van der Waals surface area contributed by atoms with Gasteiger partial charge < -0.3 is 14.0 Å². The number of hydrogen-bond donors (Lipinski definition) is 0. The molecule has 4 saturated carbocycles. The van der Waals surface area contributed by atoms with Crippen LogP contribution in [0.1, 0.15) is 63.8 Å². The molecule has 1 saturated heterocycles. The van der Waals surface area contributed by atoms with Crippen molar-refractivity contribution >= 4 is 22.8 Å². The van der Waals surface area contributed by atoms with Crippen LogP contribution in [0.2, 0.25) is 5.15 Å². The molecular weight excluding hydrogens is 376 g/mol. The van der Waals surface area contributed by atoms with Crippen LogP contribution in [0.15, 0.2) is 12.7 Å². The molecule has 0 radical (unpaired) electrons. The molecule has 1 aliphatic heterocycles. The Morgan fingerprint density at radius 1 is 1.04 bits per heavy atom. The number of halogens is 1. The molecule has 5 aliphatic rings. The van der Waals surface area contributed by atoms with Gasteiger partial charge in [0, 0.05) is 24.3 Å². The third-order valence-electron chi connectivity index (χ3n) is 8.02. The Bertz CT molecular complexity index is 884. The maximum absolute atomic E-state index is 6.48. The molecule has 7 heteroatoms. The van der Waals surface area contributed by atoms with Crippen LogP contribution in [0.4, 0.5) is 0 Å². The van der Waals surface area contributed by atoms with Gasteiger partial charge in [0.15, 0.2) is 16.6 Å². The smallest absolute Gasteiger partial charge is 0.168 e. The zero-order chi connectivity index (χ0) is 18.8. The second-order valence-corrected chi connectivity index (χ2v) is 9.80.